The summed E-state index contributed by atoms with van der Waals surface area (Å²) in [5.41, 5.74) is 3.97. The number of benzene rings is 2. The summed E-state index contributed by atoms with van der Waals surface area (Å²) in [6.07, 6.45) is 12.8. The van der Waals surface area contributed by atoms with E-state index in [2.05, 4.69) is 34.9 Å². The van der Waals surface area contributed by atoms with Crippen LogP contribution in [0.15, 0.2) is 48.5 Å². The van der Waals surface area contributed by atoms with Crippen molar-refractivity contribution < 1.29 is 9.59 Å². The molecule has 2 aliphatic rings. The Kier molecular flexibility index (Phi) is 6.83. The van der Waals surface area contributed by atoms with E-state index in [-0.39, 0.29) is 0 Å². The van der Waals surface area contributed by atoms with Gasteiger partial charge in [0.05, 0.1) is 0 Å². The number of rotatable bonds is 4. The van der Waals surface area contributed by atoms with E-state index in [0.29, 0.717) is 23.2 Å². The minimum absolute atomic E-state index is 0.628. The van der Waals surface area contributed by atoms with Crippen molar-refractivity contribution in [3.05, 3.63) is 59.7 Å². The smallest absolute Gasteiger partial charge is 0.314 e. The molecule has 2 aromatic rings. The van der Waals surface area contributed by atoms with Gasteiger partial charge < -0.3 is 10.6 Å². The van der Waals surface area contributed by atoms with Crippen molar-refractivity contribution in [2.24, 2.45) is 0 Å². The third kappa shape index (κ3) is 5.29. The first kappa shape index (κ1) is 20.6. The van der Waals surface area contributed by atoms with E-state index in [0.717, 1.165) is 0 Å². The molecule has 0 unspecified atom stereocenters. The predicted molar refractivity (Wildman–Crippen MR) is 122 cm³/mol. The van der Waals surface area contributed by atoms with Crippen molar-refractivity contribution >= 4 is 23.2 Å². The summed E-state index contributed by atoms with van der Waals surface area (Å²) >= 11 is 0. The van der Waals surface area contributed by atoms with Crippen molar-refractivity contribution in [1.82, 2.24) is 0 Å². The van der Waals surface area contributed by atoms with Crippen LogP contribution in [0, 0.1) is 0 Å². The van der Waals surface area contributed by atoms with Crippen LogP contribution >= 0.6 is 0 Å². The van der Waals surface area contributed by atoms with Crippen LogP contribution in [0.25, 0.3) is 0 Å². The molecule has 0 aliphatic heterocycles. The topological polar surface area (TPSA) is 58.2 Å². The lowest BCUT2D eigenvalue weighted by Crippen LogP contribution is -2.29. The fourth-order valence-electron chi connectivity index (χ4n) is 4.92. The zero-order valence-electron chi connectivity index (χ0n) is 17.7. The Labute approximate surface area is 179 Å². The molecule has 0 radical (unpaired) electrons. The average Bonchev–Trinajstić information content (AvgIpc) is 2.81. The Bertz CT molecular complexity index is 772. The molecule has 4 rings (SSSR count). The Morgan fingerprint density at radius 1 is 0.533 bits per heavy atom. The van der Waals surface area contributed by atoms with Gasteiger partial charge in [0.2, 0.25) is 0 Å². The second-order valence-electron chi connectivity index (χ2n) is 8.82. The second kappa shape index (κ2) is 9.92. The summed E-state index contributed by atoms with van der Waals surface area (Å²) in [5, 5.41) is 5.41. The standard InChI is InChI=1S/C26H32N2O2/c29-25(27-23-15-11-21(12-16-23)19-7-3-1-4-8-19)26(30)28-24-17-13-22(14-18-24)20-9-5-2-6-10-20/h11-20H,1-10H2,(H,27,29)(H,28,30). The zero-order chi connectivity index (χ0) is 20.8. The average molecular weight is 405 g/mol. The quantitative estimate of drug-likeness (QED) is 0.583. The summed E-state index contributed by atoms with van der Waals surface area (Å²) in [5.74, 6) is -0.0275. The SMILES string of the molecule is O=C(Nc1ccc(C2CCCCC2)cc1)C(=O)Nc1ccc(C2CCCCC2)cc1. The van der Waals surface area contributed by atoms with Crippen molar-refractivity contribution in [3.63, 3.8) is 0 Å². The number of amides is 2. The molecule has 2 fully saturated rings. The molecule has 158 valence electrons. The molecule has 0 saturated heterocycles. The highest BCUT2D eigenvalue weighted by molar-refractivity contribution is 6.43. The molecule has 0 aromatic heterocycles. The maximum absolute atomic E-state index is 12.3. The molecule has 2 aromatic carbocycles. The number of hydrogen-bond acceptors (Lipinski definition) is 2. The van der Waals surface area contributed by atoms with Gasteiger partial charge in [0, 0.05) is 11.4 Å². The summed E-state index contributed by atoms with van der Waals surface area (Å²) < 4.78 is 0. The molecule has 0 bridgehead atoms. The first-order chi connectivity index (χ1) is 14.7. The molecular weight excluding hydrogens is 372 g/mol. The van der Waals surface area contributed by atoms with Gasteiger partial charge >= 0.3 is 11.8 Å². The molecule has 0 spiro atoms. The molecular formula is C26H32N2O2. The van der Waals surface area contributed by atoms with Crippen LogP contribution in [0.2, 0.25) is 0 Å². The van der Waals surface area contributed by atoms with Crippen LogP contribution in [0.3, 0.4) is 0 Å². The maximum Gasteiger partial charge on any atom is 0.314 e. The molecule has 0 heterocycles. The largest absolute Gasteiger partial charge is 0.318 e. The van der Waals surface area contributed by atoms with Crippen LogP contribution < -0.4 is 10.6 Å². The fourth-order valence-corrected chi connectivity index (χ4v) is 4.92. The minimum atomic E-state index is -0.642. The highest BCUT2D eigenvalue weighted by Gasteiger charge is 2.18. The minimum Gasteiger partial charge on any atom is -0.318 e. The van der Waals surface area contributed by atoms with Gasteiger partial charge in [-0.15, -0.1) is 0 Å². The van der Waals surface area contributed by atoms with Gasteiger partial charge in [0.1, 0.15) is 0 Å². The molecule has 2 saturated carbocycles. The first-order valence-electron chi connectivity index (χ1n) is 11.5. The van der Waals surface area contributed by atoms with E-state index in [4.69, 9.17) is 0 Å². The van der Waals surface area contributed by atoms with Crippen LogP contribution in [0.1, 0.15) is 87.2 Å². The molecule has 4 heteroatoms. The highest BCUT2D eigenvalue weighted by atomic mass is 16.2. The summed E-state index contributed by atoms with van der Waals surface area (Å²) in [6, 6.07) is 15.9. The van der Waals surface area contributed by atoms with E-state index < -0.39 is 11.8 Å². The van der Waals surface area contributed by atoms with E-state index in [1.54, 1.807) is 0 Å². The molecule has 4 nitrogen and oxygen atoms in total. The van der Waals surface area contributed by atoms with E-state index in [1.807, 2.05) is 24.3 Å². The number of carbonyl (C=O) groups excluding carboxylic acids is 2. The van der Waals surface area contributed by atoms with Crippen molar-refractivity contribution in [2.45, 2.75) is 76.0 Å². The Morgan fingerprint density at radius 2 is 0.867 bits per heavy atom. The molecule has 30 heavy (non-hydrogen) atoms. The van der Waals surface area contributed by atoms with Gasteiger partial charge in [-0.2, -0.15) is 0 Å². The third-order valence-corrected chi connectivity index (χ3v) is 6.70. The number of hydrogen-bond donors (Lipinski definition) is 2. The lowest BCUT2D eigenvalue weighted by molar-refractivity contribution is -0.132. The lowest BCUT2D eigenvalue weighted by atomic mass is 9.84. The van der Waals surface area contributed by atoms with E-state index >= 15 is 0 Å². The van der Waals surface area contributed by atoms with Gasteiger partial charge in [-0.3, -0.25) is 9.59 Å². The molecule has 2 aliphatic carbocycles. The maximum atomic E-state index is 12.3. The number of carbonyl (C=O) groups is 2. The second-order valence-corrected chi connectivity index (χ2v) is 8.82. The predicted octanol–water partition coefficient (Wildman–Crippen LogP) is 6.36. The monoisotopic (exact) mass is 404 g/mol. The van der Waals surface area contributed by atoms with Gasteiger partial charge in [0.15, 0.2) is 0 Å². The van der Waals surface area contributed by atoms with Crippen LogP contribution in [-0.2, 0) is 9.59 Å². The third-order valence-electron chi connectivity index (χ3n) is 6.70. The zero-order valence-corrected chi connectivity index (χ0v) is 17.7. The molecule has 2 N–H and O–H groups in total. The van der Waals surface area contributed by atoms with Crippen LogP contribution in [-0.4, -0.2) is 11.8 Å². The van der Waals surface area contributed by atoms with Crippen LogP contribution in [0.4, 0.5) is 11.4 Å². The summed E-state index contributed by atoms with van der Waals surface area (Å²) in [6.45, 7) is 0. The van der Waals surface area contributed by atoms with E-state index in [9.17, 15) is 9.59 Å². The van der Waals surface area contributed by atoms with Crippen molar-refractivity contribution in [3.8, 4) is 0 Å². The first-order valence-corrected chi connectivity index (χ1v) is 11.5. The van der Waals surface area contributed by atoms with Gasteiger partial charge in [0.25, 0.3) is 0 Å². The van der Waals surface area contributed by atoms with Gasteiger partial charge in [-0.05, 0) is 72.9 Å². The van der Waals surface area contributed by atoms with E-state index in [1.165, 1.54) is 75.3 Å². The van der Waals surface area contributed by atoms with Gasteiger partial charge in [-0.25, -0.2) is 0 Å². The number of anilines is 2. The Hall–Kier alpha value is -2.62. The Morgan fingerprint density at radius 3 is 1.20 bits per heavy atom. The van der Waals surface area contributed by atoms with Crippen molar-refractivity contribution in [1.29, 1.82) is 0 Å². The summed E-state index contributed by atoms with van der Waals surface area (Å²) in [4.78, 5) is 24.6. The highest BCUT2D eigenvalue weighted by Crippen LogP contribution is 2.34. The van der Waals surface area contributed by atoms with Crippen molar-refractivity contribution in [2.75, 3.05) is 10.6 Å². The lowest BCUT2D eigenvalue weighted by Gasteiger charge is -2.22. The Balaban J connectivity index is 1.29. The fraction of sp³-hybridized carbons (Fsp3) is 0.462. The van der Waals surface area contributed by atoms with Crippen LogP contribution in [0.5, 0.6) is 0 Å². The number of nitrogens with one attached hydrogen (secondary N) is 2. The molecule has 2 amide bonds. The van der Waals surface area contributed by atoms with Gasteiger partial charge in [-0.1, -0.05) is 62.8 Å². The molecule has 0 atom stereocenters. The summed E-state index contributed by atoms with van der Waals surface area (Å²) in [7, 11) is 0. The normalized spacial score (nSPS) is 18.0.